The van der Waals surface area contributed by atoms with Crippen LogP contribution in [0.1, 0.15) is 43.3 Å². The van der Waals surface area contributed by atoms with Crippen molar-refractivity contribution in [1.29, 1.82) is 0 Å². The molecule has 2 amide bonds. The number of hydrogen-bond acceptors (Lipinski definition) is 5. The molecule has 0 saturated carbocycles. The quantitative estimate of drug-likeness (QED) is 0.425. The first kappa shape index (κ1) is 22.1. The second kappa shape index (κ2) is 8.25. The molecule has 0 N–H and O–H groups in total. The Hall–Kier alpha value is -3.72. The van der Waals surface area contributed by atoms with Crippen molar-refractivity contribution in [2.24, 2.45) is 5.10 Å². The number of aryl methyl sites for hydroxylation is 1. The summed E-state index contributed by atoms with van der Waals surface area (Å²) in [5.74, 6) is -0.0562. The standard InChI is InChI=1S/C24H23ClN6O3/c1-14-22(25)23(33)30(14)31-15(2)26-29(24(31)34)19-11-9-17(10-12-19)20-13-21(28(27-20)16(3)32)18-7-5-4-6-8-18/h4-12,14,21-22H,13H2,1-3H3. The molecule has 9 nitrogen and oxygen atoms in total. The van der Waals surface area contributed by atoms with Gasteiger partial charge in [-0.3, -0.25) is 9.59 Å². The van der Waals surface area contributed by atoms with Gasteiger partial charge >= 0.3 is 5.69 Å². The summed E-state index contributed by atoms with van der Waals surface area (Å²) in [6.45, 7) is 4.96. The minimum atomic E-state index is -0.643. The Morgan fingerprint density at radius 3 is 2.35 bits per heavy atom. The molecule has 1 saturated heterocycles. The van der Waals surface area contributed by atoms with Gasteiger partial charge in [-0.2, -0.15) is 14.5 Å². The number of amides is 2. The molecular weight excluding hydrogens is 456 g/mol. The molecule has 0 aliphatic carbocycles. The predicted octanol–water partition coefficient (Wildman–Crippen LogP) is 2.51. The molecule has 174 valence electrons. The van der Waals surface area contributed by atoms with E-state index in [1.807, 2.05) is 42.5 Å². The summed E-state index contributed by atoms with van der Waals surface area (Å²) in [5.41, 5.74) is 2.78. The number of rotatable bonds is 4. The van der Waals surface area contributed by atoms with E-state index >= 15 is 0 Å². The van der Waals surface area contributed by atoms with E-state index in [9.17, 15) is 14.4 Å². The molecule has 0 radical (unpaired) electrons. The lowest BCUT2D eigenvalue weighted by Crippen LogP contribution is -2.68. The van der Waals surface area contributed by atoms with E-state index in [0.717, 1.165) is 16.8 Å². The van der Waals surface area contributed by atoms with Gasteiger partial charge in [-0.15, -0.1) is 16.7 Å². The molecule has 3 atom stereocenters. The van der Waals surface area contributed by atoms with Crippen LogP contribution in [-0.2, 0) is 9.59 Å². The highest BCUT2D eigenvalue weighted by Crippen LogP contribution is 2.32. The van der Waals surface area contributed by atoms with Gasteiger partial charge in [0.25, 0.3) is 5.91 Å². The highest BCUT2D eigenvalue weighted by atomic mass is 35.5. The van der Waals surface area contributed by atoms with Crippen LogP contribution >= 0.6 is 11.6 Å². The largest absolute Gasteiger partial charge is 0.370 e. The van der Waals surface area contributed by atoms with Crippen molar-refractivity contribution in [1.82, 2.24) is 19.5 Å². The SMILES string of the molecule is CC(=O)N1N=C(c2ccc(-n3nc(C)n(N4C(=O)C(Cl)C4C)c3=O)cc2)CC1c1ccccc1. The van der Waals surface area contributed by atoms with Crippen LogP contribution in [0, 0.1) is 6.92 Å². The van der Waals surface area contributed by atoms with Crippen LogP contribution in [0.4, 0.5) is 0 Å². The number of halogens is 1. The second-order valence-corrected chi connectivity index (χ2v) is 8.94. The van der Waals surface area contributed by atoms with Crippen molar-refractivity contribution in [2.45, 2.75) is 44.7 Å². The molecule has 2 aliphatic heterocycles. The van der Waals surface area contributed by atoms with E-state index in [0.29, 0.717) is 17.9 Å². The van der Waals surface area contributed by atoms with Gasteiger partial charge in [0.1, 0.15) is 5.38 Å². The normalized spacial score (nSPS) is 22.1. The van der Waals surface area contributed by atoms with Crippen molar-refractivity contribution >= 4 is 29.1 Å². The average Bonchev–Trinajstić information content (AvgIpc) is 3.42. The number of hydrogen-bond donors (Lipinski definition) is 0. The number of alkyl halides is 1. The number of hydrazone groups is 1. The van der Waals surface area contributed by atoms with Gasteiger partial charge in [-0.05, 0) is 37.1 Å². The van der Waals surface area contributed by atoms with E-state index in [-0.39, 0.29) is 23.9 Å². The van der Waals surface area contributed by atoms with Crippen molar-refractivity contribution in [3.63, 3.8) is 0 Å². The van der Waals surface area contributed by atoms with Gasteiger partial charge in [0.15, 0.2) is 5.82 Å². The fourth-order valence-corrected chi connectivity index (χ4v) is 4.64. The minimum absolute atomic E-state index is 0.123. The number of β-lactam (4-membered cyclic amide) rings is 1. The number of carbonyl (C=O) groups is 2. The third kappa shape index (κ3) is 3.43. The Morgan fingerprint density at radius 1 is 1.06 bits per heavy atom. The Balaban J connectivity index is 1.42. The zero-order chi connectivity index (χ0) is 24.1. The topological polar surface area (TPSA) is 92.8 Å². The Morgan fingerprint density at radius 2 is 1.74 bits per heavy atom. The van der Waals surface area contributed by atoms with Crippen LogP contribution in [0.3, 0.4) is 0 Å². The highest BCUT2D eigenvalue weighted by Gasteiger charge is 2.46. The molecule has 3 heterocycles. The fourth-order valence-electron chi connectivity index (χ4n) is 4.44. The predicted molar refractivity (Wildman–Crippen MR) is 128 cm³/mol. The summed E-state index contributed by atoms with van der Waals surface area (Å²) in [6, 6.07) is 16.6. The molecule has 10 heteroatoms. The summed E-state index contributed by atoms with van der Waals surface area (Å²) >= 11 is 6.01. The van der Waals surface area contributed by atoms with Crippen LogP contribution in [-0.4, -0.2) is 48.4 Å². The van der Waals surface area contributed by atoms with E-state index in [1.165, 1.54) is 26.3 Å². The highest BCUT2D eigenvalue weighted by molar-refractivity contribution is 6.36. The maximum atomic E-state index is 13.0. The van der Waals surface area contributed by atoms with Gasteiger partial charge < -0.3 is 0 Å². The van der Waals surface area contributed by atoms with E-state index in [4.69, 9.17) is 11.6 Å². The second-order valence-electron chi connectivity index (χ2n) is 8.47. The first-order chi connectivity index (χ1) is 16.3. The van der Waals surface area contributed by atoms with Crippen molar-refractivity contribution in [2.75, 3.05) is 5.01 Å². The monoisotopic (exact) mass is 478 g/mol. The molecule has 3 aromatic rings. The Bertz CT molecular complexity index is 1360. The van der Waals surface area contributed by atoms with Gasteiger partial charge in [0.2, 0.25) is 5.91 Å². The van der Waals surface area contributed by atoms with Crippen molar-refractivity contribution < 1.29 is 9.59 Å². The lowest BCUT2D eigenvalue weighted by molar-refractivity contribution is -0.130. The van der Waals surface area contributed by atoms with E-state index in [2.05, 4.69) is 10.2 Å². The van der Waals surface area contributed by atoms with Crippen LogP contribution in [0.15, 0.2) is 64.5 Å². The summed E-state index contributed by atoms with van der Waals surface area (Å²) in [4.78, 5) is 37.4. The molecule has 3 unspecified atom stereocenters. The number of aromatic nitrogens is 3. The van der Waals surface area contributed by atoms with Gasteiger partial charge in [-0.1, -0.05) is 42.5 Å². The summed E-state index contributed by atoms with van der Waals surface area (Å²) < 4.78 is 2.52. The van der Waals surface area contributed by atoms with Gasteiger partial charge in [-0.25, -0.2) is 14.8 Å². The molecule has 1 aromatic heterocycles. The molecule has 2 aliphatic rings. The van der Waals surface area contributed by atoms with Crippen LogP contribution < -0.4 is 10.7 Å². The molecule has 1 fully saturated rings. The first-order valence-corrected chi connectivity index (χ1v) is 11.4. The maximum absolute atomic E-state index is 13.0. The van der Waals surface area contributed by atoms with E-state index in [1.54, 1.807) is 26.0 Å². The molecule has 0 spiro atoms. The molecule has 5 rings (SSSR count). The van der Waals surface area contributed by atoms with Gasteiger partial charge in [0.05, 0.1) is 23.5 Å². The zero-order valence-electron chi connectivity index (χ0n) is 18.9. The van der Waals surface area contributed by atoms with Crippen LogP contribution in [0.25, 0.3) is 5.69 Å². The molecular formula is C24H23ClN6O3. The summed E-state index contributed by atoms with van der Waals surface area (Å²) in [6.07, 6.45) is 0.588. The Labute approximate surface area is 200 Å². The first-order valence-electron chi connectivity index (χ1n) is 11.0. The fraction of sp³-hybridized carbons (Fsp3) is 0.292. The van der Waals surface area contributed by atoms with Crippen molar-refractivity contribution in [3.05, 3.63) is 82.0 Å². The van der Waals surface area contributed by atoms with E-state index < -0.39 is 11.1 Å². The third-order valence-electron chi connectivity index (χ3n) is 6.26. The molecule has 2 aromatic carbocycles. The smallest absolute Gasteiger partial charge is 0.273 e. The van der Waals surface area contributed by atoms with Gasteiger partial charge in [0, 0.05) is 13.3 Å². The number of nitrogens with zero attached hydrogens (tertiary/aromatic N) is 6. The summed E-state index contributed by atoms with van der Waals surface area (Å²) in [5, 5.41) is 11.1. The lowest BCUT2D eigenvalue weighted by Gasteiger charge is -2.41. The zero-order valence-corrected chi connectivity index (χ0v) is 19.7. The lowest BCUT2D eigenvalue weighted by atomic mass is 9.98. The Kier molecular flexibility index (Phi) is 5.36. The summed E-state index contributed by atoms with van der Waals surface area (Å²) in [7, 11) is 0. The number of carbonyl (C=O) groups excluding carboxylic acids is 2. The van der Waals surface area contributed by atoms with Crippen LogP contribution in [0.5, 0.6) is 0 Å². The number of benzene rings is 2. The molecule has 0 bridgehead atoms. The van der Waals surface area contributed by atoms with Crippen molar-refractivity contribution in [3.8, 4) is 5.69 Å². The maximum Gasteiger partial charge on any atom is 0.370 e. The minimum Gasteiger partial charge on any atom is -0.273 e. The third-order valence-corrected chi connectivity index (χ3v) is 6.81. The molecule has 34 heavy (non-hydrogen) atoms. The average molecular weight is 479 g/mol. The van der Waals surface area contributed by atoms with Crippen LogP contribution in [0.2, 0.25) is 0 Å².